The zero-order valence-electron chi connectivity index (χ0n) is 20.1. The van der Waals surface area contributed by atoms with Crippen molar-refractivity contribution in [1.82, 2.24) is 0 Å². The Bertz CT molecular complexity index is 1010. The SMILES string of the molecule is CCCc1ccc(-c2ccc(OC(=O)[C@H]3CC[C@H](c4ccc(CCC)cc4)CC3)cc2)cc1. The lowest BCUT2D eigenvalue weighted by atomic mass is 9.78. The van der Waals surface area contributed by atoms with Crippen molar-refractivity contribution in [2.45, 2.75) is 71.1 Å². The Morgan fingerprint density at radius 3 is 1.70 bits per heavy atom. The molecule has 3 aromatic rings. The third-order valence-electron chi connectivity index (χ3n) is 6.95. The minimum atomic E-state index is -0.0802. The predicted octanol–water partition coefficient (Wildman–Crippen LogP) is 8.14. The number of esters is 1. The lowest BCUT2D eigenvalue weighted by Crippen LogP contribution is -2.25. The van der Waals surface area contributed by atoms with E-state index in [1.165, 1.54) is 28.7 Å². The standard InChI is InChI=1S/C31H36O2/c1-3-5-23-7-11-25(12-8-23)27-15-17-29(18-16-27)31(32)33-30-21-19-28(20-22-30)26-13-9-24(6-4-2)10-14-26/h7-14,19-22,27,29H,3-6,15-18H2,1-2H3/t27-,29-. The molecule has 0 bridgehead atoms. The Kier molecular flexibility index (Phi) is 7.99. The average Bonchev–Trinajstić information content (AvgIpc) is 2.86. The normalized spacial score (nSPS) is 18.1. The number of aryl methyl sites for hydroxylation is 2. The van der Waals surface area contributed by atoms with Crippen molar-refractivity contribution >= 4 is 5.97 Å². The zero-order valence-corrected chi connectivity index (χ0v) is 20.1. The van der Waals surface area contributed by atoms with Crippen LogP contribution >= 0.6 is 0 Å². The molecule has 172 valence electrons. The van der Waals surface area contributed by atoms with Crippen LogP contribution in [0.5, 0.6) is 5.75 Å². The van der Waals surface area contributed by atoms with Gasteiger partial charge >= 0.3 is 5.97 Å². The van der Waals surface area contributed by atoms with Gasteiger partial charge in [0.1, 0.15) is 5.75 Å². The van der Waals surface area contributed by atoms with Crippen molar-refractivity contribution in [1.29, 1.82) is 0 Å². The third kappa shape index (κ3) is 6.13. The summed E-state index contributed by atoms with van der Waals surface area (Å²) in [5.41, 5.74) is 6.53. The summed E-state index contributed by atoms with van der Waals surface area (Å²) in [4.78, 5) is 12.8. The quantitative estimate of drug-likeness (QED) is 0.261. The van der Waals surface area contributed by atoms with E-state index < -0.39 is 0 Å². The van der Waals surface area contributed by atoms with Crippen LogP contribution in [-0.4, -0.2) is 5.97 Å². The first-order valence-corrected chi connectivity index (χ1v) is 12.7. The number of carbonyl (C=O) groups is 1. The van der Waals surface area contributed by atoms with E-state index in [2.05, 4.69) is 62.4 Å². The van der Waals surface area contributed by atoms with Gasteiger partial charge in [-0.1, -0.05) is 87.4 Å². The molecule has 3 aromatic carbocycles. The molecule has 33 heavy (non-hydrogen) atoms. The molecule has 2 heteroatoms. The van der Waals surface area contributed by atoms with E-state index in [9.17, 15) is 4.79 Å². The van der Waals surface area contributed by atoms with Gasteiger partial charge in [0.05, 0.1) is 5.92 Å². The van der Waals surface area contributed by atoms with Crippen molar-refractivity contribution in [3.63, 3.8) is 0 Å². The molecule has 0 atom stereocenters. The number of hydrogen-bond donors (Lipinski definition) is 0. The summed E-state index contributed by atoms with van der Waals surface area (Å²) < 4.78 is 5.74. The minimum Gasteiger partial charge on any atom is -0.426 e. The average molecular weight is 441 g/mol. The maximum atomic E-state index is 12.8. The van der Waals surface area contributed by atoms with E-state index in [4.69, 9.17) is 4.74 Å². The smallest absolute Gasteiger partial charge is 0.314 e. The lowest BCUT2D eigenvalue weighted by molar-refractivity contribution is -0.140. The minimum absolute atomic E-state index is 0.00593. The fraction of sp³-hybridized carbons (Fsp3) is 0.387. The maximum Gasteiger partial charge on any atom is 0.314 e. The largest absolute Gasteiger partial charge is 0.426 e. The van der Waals surface area contributed by atoms with Crippen molar-refractivity contribution in [3.05, 3.63) is 89.5 Å². The molecule has 0 aliphatic heterocycles. The third-order valence-corrected chi connectivity index (χ3v) is 6.95. The molecule has 1 aliphatic rings. The molecule has 0 spiro atoms. The van der Waals surface area contributed by atoms with Crippen LogP contribution in [-0.2, 0) is 17.6 Å². The van der Waals surface area contributed by atoms with Gasteiger partial charge in [-0.2, -0.15) is 0 Å². The monoisotopic (exact) mass is 440 g/mol. The Balaban J connectivity index is 1.29. The Morgan fingerprint density at radius 1 is 0.697 bits per heavy atom. The second-order valence-electron chi connectivity index (χ2n) is 9.43. The van der Waals surface area contributed by atoms with E-state index in [1.807, 2.05) is 24.3 Å². The van der Waals surface area contributed by atoms with Crippen LogP contribution in [0.25, 0.3) is 11.1 Å². The van der Waals surface area contributed by atoms with Crippen LogP contribution in [0.4, 0.5) is 0 Å². The van der Waals surface area contributed by atoms with Crippen LogP contribution in [0, 0.1) is 5.92 Å². The Labute approximate surface area is 199 Å². The van der Waals surface area contributed by atoms with Crippen LogP contribution in [0.15, 0.2) is 72.8 Å². The topological polar surface area (TPSA) is 26.3 Å². The van der Waals surface area contributed by atoms with Gasteiger partial charge in [-0.05, 0) is 84.4 Å². The number of rotatable bonds is 8. The predicted molar refractivity (Wildman–Crippen MR) is 137 cm³/mol. The highest BCUT2D eigenvalue weighted by molar-refractivity contribution is 5.75. The van der Waals surface area contributed by atoms with Crippen LogP contribution in [0.2, 0.25) is 0 Å². The van der Waals surface area contributed by atoms with E-state index in [-0.39, 0.29) is 11.9 Å². The molecule has 4 rings (SSSR count). The highest BCUT2D eigenvalue weighted by atomic mass is 16.5. The zero-order chi connectivity index (χ0) is 23.0. The van der Waals surface area contributed by atoms with Gasteiger partial charge in [-0.25, -0.2) is 0 Å². The molecule has 0 saturated heterocycles. The van der Waals surface area contributed by atoms with Crippen LogP contribution < -0.4 is 4.74 Å². The van der Waals surface area contributed by atoms with Crippen LogP contribution in [0.1, 0.15) is 75.0 Å². The van der Waals surface area contributed by atoms with Crippen molar-refractivity contribution in [2.24, 2.45) is 5.92 Å². The molecule has 1 aliphatic carbocycles. The van der Waals surface area contributed by atoms with Gasteiger partial charge < -0.3 is 4.74 Å². The summed E-state index contributed by atoms with van der Waals surface area (Å²) in [5.74, 6) is 1.13. The fourth-order valence-corrected chi connectivity index (χ4v) is 4.98. The molecule has 1 saturated carbocycles. The van der Waals surface area contributed by atoms with Gasteiger partial charge in [-0.3, -0.25) is 4.79 Å². The summed E-state index contributed by atoms with van der Waals surface area (Å²) in [7, 11) is 0. The highest BCUT2D eigenvalue weighted by Gasteiger charge is 2.28. The molecule has 0 heterocycles. The number of ether oxygens (including phenoxy) is 1. The molecule has 0 radical (unpaired) electrons. The highest BCUT2D eigenvalue weighted by Crippen LogP contribution is 2.36. The molecule has 2 nitrogen and oxygen atoms in total. The molecule has 1 fully saturated rings. The number of carbonyl (C=O) groups excluding carboxylic acids is 1. The van der Waals surface area contributed by atoms with Crippen LogP contribution in [0.3, 0.4) is 0 Å². The van der Waals surface area contributed by atoms with Gasteiger partial charge in [-0.15, -0.1) is 0 Å². The molecular weight excluding hydrogens is 404 g/mol. The summed E-state index contributed by atoms with van der Waals surface area (Å²) in [6.07, 6.45) is 8.52. The first kappa shape index (κ1) is 23.3. The first-order chi connectivity index (χ1) is 16.2. The molecule has 0 aromatic heterocycles. The summed E-state index contributed by atoms with van der Waals surface area (Å²) in [6, 6.07) is 25.7. The lowest BCUT2D eigenvalue weighted by Gasteiger charge is -2.27. The van der Waals surface area contributed by atoms with Crippen molar-refractivity contribution in [3.8, 4) is 16.9 Å². The van der Waals surface area contributed by atoms with Gasteiger partial charge in [0.2, 0.25) is 0 Å². The van der Waals surface area contributed by atoms with Crippen molar-refractivity contribution < 1.29 is 9.53 Å². The second-order valence-corrected chi connectivity index (χ2v) is 9.43. The number of hydrogen-bond acceptors (Lipinski definition) is 2. The Hall–Kier alpha value is -2.87. The van der Waals surface area contributed by atoms with E-state index in [0.29, 0.717) is 11.7 Å². The maximum absolute atomic E-state index is 12.8. The van der Waals surface area contributed by atoms with Gasteiger partial charge in [0.15, 0.2) is 0 Å². The first-order valence-electron chi connectivity index (χ1n) is 12.7. The van der Waals surface area contributed by atoms with Gasteiger partial charge in [0, 0.05) is 0 Å². The number of benzene rings is 3. The summed E-state index contributed by atoms with van der Waals surface area (Å²) in [5, 5.41) is 0. The Morgan fingerprint density at radius 2 is 1.18 bits per heavy atom. The molecule has 0 amide bonds. The molecular formula is C31H36O2. The summed E-state index contributed by atoms with van der Waals surface area (Å²) in [6.45, 7) is 4.42. The molecule has 0 N–H and O–H groups in total. The van der Waals surface area contributed by atoms with Gasteiger partial charge in [0.25, 0.3) is 0 Å². The van der Waals surface area contributed by atoms with Crippen molar-refractivity contribution in [2.75, 3.05) is 0 Å². The van der Waals surface area contributed by atoms with E-state index in [0.717, 1.165) is 50.5 Å². The molecule has 0 unspecified atom stereocenters. The second kappa shape index (κ2) is 11.3. The van der Waals surface area contributed by atoms with E-state index >= 15 is 0 Å². The van der Waals surface area contributed by atoms with E-state index in [1.54, 1.807) is 0 Å². The summed E-state index contributed by atoms with van der Waals surface area (Å²) >= 11 is 0. The fourth-order valence-electron chi connectivity index (χ4n) is 4.98.